The van der Waals surface area contributed by atoms with Gasteiger partial charge in [0.05, 0.1) is 11.7 Å². The van der Waals surface area contributed by atoms with E-state index in [2.05, 4.69) is 0 Å². The van der Waals surface area contributed by atoms with Crippen molar-refractivity contribution in [3.8, 4) is 5.75 Å². The van der Waals surface area contributed by atoms with Crippen molar-refractivity contribution < 1.29 is 14.6 Å². The molecule has 2 rings (SSSR count). The molecular weight excluding hydrogens is 228 g/mol. The highest BCUT2D eigenvalue weighted by Crippen LogP contribution is 2.35. The molecule has 98 valence electrons. The summed E-state index contributed by atoms with van der Waals surface area (Å²) in [7, 11) is 0. The van der Waals surface area contributed by atoms with Crippen LogP contribution in [0.5, 0.6) is 5.75 Å². The minimum absolute atomic E-state index is 0.0113. The van der Waals surface area contributed by atoms with Gasteiger partial charge in [0.2, 0.25) is 0 Å². The molecule has 0 aliphatic heterocycles. The molecule has 0 saturated heterocycles. The number of ketones is 1. The first kappa shape index (κ1) is 13.1. The quantitative estimate of drug-likeness (QED) is 0.833. The third-order valence-corrected chi connectivity index (χ3v) is 3.35. The first-order valence-electron chi connectivity index (χ1n) is 6.56. The second-order valence-electron chi connectivity index (χ2n) is 5.23. The highest BCUT2D eigenvalue weighted by atomic mass is 16.5. The Bertz CT molecular complexity index is 431. The zero-order valence-corrected chi connectivity index (χ0v) is 11.0. The zero-order chi connectivity index (χ0) is 13.2. The van der Waals surface area contributed by atoms with Crippen molar-refractivity contribution in [3.63, 3.8) is 0 Å². The Hall–Kier alpha value is -1.35. The summed E-state index contributed by atoms with van der Waals surface area (Å²) in [6, 6.07) is 7.16. The molecule has 0 radical (unpaired) electrons. The van der Waals surface area contributed by atoms with E-state index in [9.17, 15) is 9.90 Å². The van der Waals surface area contributed by atoms with E-state index < -0.39 is 5.60 Å². The summed E-state index contributed by atoms with van der Waals surface area (Å²) in [6.45, 7) is 3.84. The molecular formula is C15H20O3. The van der Waals surface area contributed by atoms with E-state index in [0.29, 0.717) is 24.2 Å². The van der Waals surface area contributed by atoms with Gasteiger partial charge in [-0.3, -0.25) is 4.79 Å². The number of carbonyl (C=O) groups excluding carboxylic acids is 1. The lowest BCUT2D eigenvalue weighted by molar-refractivity contribution is 0.0348. The molecule has 1 aromatic carbocycles. The Morgan fingerprint density at radius 1 is 1.28 bits per heavy atom. The number of para-hydroxylation sites is 1. The zero-order valence-electron chi connectivity index (χ0n) is 11.0. The van der Waals surface area contributed by atoms with Gasteiger partial charge in [0, 0.05) is 0 Å². The van der Waals surface area contributed by atoms with E-state index in [1.165, 1.54) is 0 Å². The third kappa shape index (κ3) is 2.56. The smallest absolute Gasteiger partial charge is 0.198 e. The van der Waals surface area contributed by atoms with Crippen molar-refractivity contribution in [2.75, 3.05) is 0 Å². The lowest BCUT2D eigenvalue weighted by Crippen LogP contribution is -2.35. The lowest BCUT2D eigenvalue weighted by Gasteiger charge is -2.22. The molecule has 1 aliphatic carbocycles. The minimum Gasteiger partial charge on any atom is -0.490 e. The van der Waals surface area contributed by atoms with Gasteiger partial charge in [0.25, 0.3) is 0 Å². The van der Waals surface area contributed by atoms with Crippen molar-refractivity contribution in [1.29, 1.82) is 0 Å². The molecule has 1 N–H and O–H groups in total. The van der Waals surface area contributed by atoms with Crippen molar-refractivity contribution >= 4 is 5.78 Å². The summed E-state index contributed by atoms with van der Waals surface area (Å²) in [5.41, 5.74) is -0.688. The molecule has 1 fully saturated rings. The van der Waals surface area contributed by atoms with Crippen LogP contribution in [0.3, 0.4) is 0 Å². The number of rotatable bonds is 4. The SMILES string of the molecule is CC(C)Oc1ccccc1C(=O)C1(O)CCCC1. The van der Waals surface area contributed by atoms with Crippen LogP contribution in [0.1, 0.15) is 49.9 Å². The molecule has 1 aliphatic rings. The van der Waals surface area contributed by atoms with E-state index in [-0.39, 0.29) is 11.9 Å². The van der Waals surface area contributed by atoms with Crippen LogP contribution in [0.4, 0.5) is 0 Å². The van der Waals surface area contributed by atoms with Gasteiger partial charge in [-0.05, 0) is 51.7 Å². The monoisotopic (exact) mass is 248 g/mol. The summed E-state index contributed by atoms with van der Waals surface area (Å²) in [5, 5.41) is 10.4. The first-order valence-corrected chi connectivity index (χ1v) is 6.56. The van der Waals surface area contributed by atoms with Crippen molar-refractivity contribution in [2.24, 2.45) is 0 Å². The van der Waals surface area contributed by atoms with Crippen LogP contribution in [0.15, 0.2) is 24.3 Å². The number of aliphatic hydroxyl groups is 1. The Morgan fingerprint density at radius 2 is 1.89 bits per heavy atom. The van der Waals surface area contributed by atoms with E-state index in [1.54, 1.807) is 18.2 Å². The molecule has 3 nitrogen and oxygen atoms in total. The first-order chi connectivity index (χ1) is 8.53. The fourth-order valence-corrected chi connectivity index (χ4v) is 2.45. The average Bonchev–Trinajstić information content (AvgIpc) is 2.76. The van der Waals surface area contributed by atoms with Crippen molar-refractivity contribution in [2.45, 2.75) is 51.2 Å². The Morgan fingerprint density at radius 3 is 2.50 bits per heavy atom. The molecule has 0 unspecified atom stereocenters. The van der Waals surface area contributed by atoms with E-state index in [1.807, 2.05) is 19.9 Å². The average molecular weight is 248 g/mol. The summed E-state index contributed by atoms with van der Waals surface area (Å²) in [4.78, 5) is 12.4. The van der Waals surface area contributed by atoms with Gasteiger partial charge in [-0.25, -0.2) is 0 Å². The molecule has 1 saturated carbocycles. The fourth-order valence-electron chi connectivity index (χ4n) is 2.45. The van der Waals surface area contributed by atoms with Crippen molar-refractivity contribution in [1.82, 2.24) is 0 Å². The second kappa shape index (κ2) is 5.11. The van der Waals surface area contributed by atoms with E-state index in [4.69, 9.17) is 4.74 Å². The van der Waals surface area contributed by atoms with Crippen molar-refractivity contribution in [3.05, 3.63) is 29.8 Å². The highest BCUT2D eigenvalue weighted by Gasteiger charge is 2.40. The van der Waals surface area contributed by atoms with Gasteiger partial charge >= 0.3 is 0 Å². The third-order valence-electron chi connectivity index (χ3n) is 3.35. The molecule has 1 aromatic rings. The number of hydrogen-bond acceptors (Lipinski definition) is 3. The fraction of sp³-hybridized carbons (Fsp3) is 0.533. The maximum absolute atomic E-state index is 12.4. The minimum atomic E-state index is -1.18. The van der Waals surface area contributed by atoms with Crippen LogP contribution in [0.25, 0.3) is 0 Å². The van der Waals surface area contributed by atoms with Crippen LogP contribution in [-0.4, -0.2) is 22.6 Å². The largest absolute Gasteiger partial charge is 0.490 e. The molecule has 0 heterocycles. The van der Waals surface area contributed by atoms with Crippen LogP contribution in [0, 0.1) is 0 Å². The molecule has 3 heteroatoms. The van der Waals surface area contributed by atoms with E-state index >= 15 is 0 Å². The Kier molecular flexibility index (Phi) is 3.71. The molecule has 0 spiro atoms. The van der Waals surface area contributed by atoms with Gasteiger partial charge in [0.15, 0.2) is 5.78 Å². The van der Waals surface area contributed by atoms with Crippen LogP contribution < -0.4 is 4.74 Å². The van der Waals surface area contributed by atoms with Gasteiger partial charge in [-0.1, -0.05) is 12.1 Å². The predicted molar refractivity (Wildman–Crippen MR) is 70.0 cm³/mol. The van der Waals surface area contributed by atoms with Gasteiger partial charge in [-0.2, -0.15) is 0 Å². The molecule has 0 atom stereocenters. The van der Waals surface area contributed by atoms with Crippen LogP contribution >= 0.6 is 0 Å². The standard InChI is InChI=1S/C15H20O3/c1-11(2)18-13-8-4-3-7-12(13)14(16)15(17)9-5-6-10-15/h3-4,7-8,11,17H,5-6,9-10H2,1-2H3. The predicted octanol–water partition coefficient (Wildman–Crippen LogP) is 2.96. The highest BCUT2D eigenvalue weighted by molar-refractivity contribution is 6.04. The van der Waals surface area contributed by atoms with Crippen LogP contribution in [0.2, 0.25) is 0 Å². The molecule has 0 aromatic heterocycles. The van der Waals surface area contributed by atoms with Gasteiger partial charge in [-0.15, -0.1) is 0 Å². The topological polar surface area (TPSA) is 46.5 Å². The lowest BCUT2D eigenvalue weighted by atomic mass is 9.91. The number of carbonyl (C=O) groups is 1. The van der Waals surface area contributed by atoms with Gasteiger partial charge in [0.1, 0.15) is 11.4 Å². The number of benzene rings is 1. The Balaban J connectivity index is 2.29. The van der Waals surface area contributed by atoms with Gasteiger partial charge < -0.3 is 9.84 Å². The number of hydrogen-bond donors (Lipinski definition) is 1. The summed E-state index contributed by atoms with van der Waals surface area (Å²) >= 11 is 0. The second-order valence-corrected chi connectivity index (χ2v) is 5.23. The maximum Gasteiger partial charge on any atom is 0.198 e. The summed E-state index contributed by atoms with van der Waals surface area (Å²) < 4.78 is 5.64. The Labute approximate surface area is 108 Å². The van der Waals surface area contributed by atoms with E-state index in [0.717, 1.165) is 12.8 Å². The summed E-state index contributed by atoms with van der Waals surface area (Å²) in [6.07, 6.45) is 2.95. The summed E-state index contributed by atoms with van der Waals surface area (Å²) in [5.74, 6) is 0.370. The molecule has 18 heavy (non-hydrogen) atoms. The number of Topliss-reactive ketones (excluding diaryl/α,β-unsaturated/α-hetero) is 1. The number of ether oxygens (including phenoxy) is 1. The maximum atomic E-state index is 12.4. The molecule has 0 bridgehead atoms. The molecule has 0 amide bonds. The normalized spacial score (nSPS) is 18.0. The van der Waals surface area contributed by atoms with Crippen LogP contribution in [-0.2, 0) is 0 Å².